The molecule has 30 heavy (non-hydrogen) atoms. The molecule has 2 aromatic heterocycles. The summed E-state index contributed by atoms with van der Waals surface area (Å²) in [7, 11) is 0. The first kappa shape index (κ1) is 20.9. The van der Waals surface area contributed by atoms with Crippen molar-refractivity contribution < 1.29 is 0 Å². The van der Waals surface area contributed by atoms with E-state index in [4.69, 9.17) is 23.8 Å². The Morgan fingerprint density at radius 3 is 2.53 bits per heavy atom. The molecular weight excluding hydrogens is 412 g/mol. The van der Waals surface area contributed by atoms with Gasteiger partial charge in [0.15, 0.2) is 5.11 Å². The molecule has 0 aliphatic carbocycles. The maximum absolute atomic E-state index is 6.34. The van der Waals surface area contributed by atoms with Gasteiger partial charge in [-0.25, -0.2) is 0 Å². The molecule has 1 saturated heterocycles. The second-order valence-electron chi connectivity index (χ2n) is 8.22. The van der Waals surface area contributed by atoms with Crippen molar-refractivity contribution in [1.29, 1.82) is 0 Å². The van der Waals surface area contributed by atoms with Crippen LogP contribution in [-0.4, -0.2) is 25.6 Å². The quantitative estimate of drug-likeness (QED) is 0.519. The topological polar surface area (TPSA) is 33.1 Å². The first-order chi connectivity index (χ1) is 14.3. The van der Waals surface area contributed by atoms with Gasteiger partial charge in [0.2, 0.25) is 0 Å². The van der Waals surface area contributed by atoms with Crippen molar-refractivity contribution in [3.05, 3.63) is 81.9 Å². The third-order valence-electron chi connectivity index (χ3n) is 5.89. The fourth-order valence-corrected chi connectivity index (χ4v) is 5.15. The van der Waals surface area contributed by atoms with Crippen LogP contribution in [0.5, 0.6) is 0 Å². The minimum atomic E-state index is -0.00416. The number of nitrogens with zero attached hydrogens (tertiary/aromatic N) is 3. The van der Waals surface area contributed by atoms with E-state index in [9.17, 15) is 0 Å². The Kier molecular flexibility index (Phi) is 5.60. The van der Waals surface area contributed by atoms with E-state index in [1.807, 2.05) is 30.5 Å². The maximum Gasteiger partial charge on any atom is 0.170 e. The highest BCUT2D eigenvalue weighted by Crippen LogP contribution is 2.42. The van der Waals surface area contributed by atoms with Crippen LogP contribution in [0.4, 0.5) is 0 Å². The molecule has 1 aliphatic heterocycles. The molecule has 4 rings (SSSR count). The van der Waals surface area contributed by atoms with Crippen molar-refractivity contribution in [1.82, 2.24) is 19.8 Å². The second kappa shape index (κ2) is 8.05. The summed E-state index contributed by atoms with van der Waals surface area (Å²) in [5, 5.41) is 5.04. The number of aromatic nitrogens is 2. The van der Waals surface area contributed by atoms with Crippen molar-refractivity contribution in [3.63, 3.8) is 0 Å². The molecule has 2 atom stereocenters. The lowest BCUT2D eigenvalue weighted by molar-refractivity contribution is 0.269. The van der Waals surface area contributed by atoms with Gasteiger partial charge in [-0.15, -0.1) is 0 Å². The summed E-state index contributed by atoms with van der Waals surface area (Å²) in [4.78, 5) is 6.93. The number of hydrogen-bond acceptors (Lipinski definition) is 2. The molecule has 0 spiro atoms. The lowest BCUT2D eigenvalue weighted by Gasteiger charge is -2.31. The van der Waals surface area contributed by atoms with Gasteiger partial charge in [-0.1, -0.05) is 23.7 Å². The van der Waals surface area contributed by atoms with Crippen LogP contribution in [0.15, 0.2) is 48.7 Å². The van der Waals surface area contributed by atoms with Gasteiger partial charge in [0.25, 0.3) is 0 Å². The number of pyridine rings is 1. The van der Waals surface area contributed by atoms with Crippen LogP contribution in [0.2, 0.25) is 5.02 Å². The molecule has 0 amide bonds. The fraction of sp³-hybridized carbons (Fsp3) is 0.333. The van der Waals surface area contributed by atoms with Gasteiger partial charge in [0.1, 0.15) is 0 Å². The number of aryl methyl sites for hydroxylation is 2. The van der Waals surface area contributed by atoms with Crippen molar-refractivity contribution in [2.45, 2.75) is 52.7 Å². The number of thiocarbonyl (C=S) groups is 1. The zero-order valence-electron chi connectivity index (χ0n) is 18.0. The minimum Gasteiger partial charge on any atom is -0.352 e. The van der Waals surface area contributed by atoms with Crippen LogP contribution in [0.25, 0.3) is 5.69 Å². The van der Waals surface area contributed by atoms with Crippen molar-refractivity contribution in [3.8, 4) is 5.69 Å². The van der Waals surface area contributed by atoms with Crippen molar-refractivity contribution in [2.75, 3.05) is 0 Å². The van der Waals surface area contributed by atoms with E-state index in [0.29, 0.717) is 0 Å². The molecule has 6 heteroatoms. The Balaban J connectivity index is 1.88. The van der Waals surface area contributed by atoms with Gasteiger partial charge in [-0.05, 0) is 88.3 Å². The Hall–Kier alpha value is -2.37. The number of rotatable bonds is 4. The van der Waals surface area contributed by atoms with Gasteiger partial charge >= 0.3 is 0 Å². The first-order valence-electron chi connectivity index (χ1n) is 10.2. The van der Waals surface area contributed by atoms with Gasteiger partial charge < -0.3 is 14.8 Å². The summed E-state index contributed by atoms with van der Waals surface area (Å²) < 4.78 is 2.30. The van der Waals surface area contributed by atoms with E-state index in [0.717, 1.165) is 21.5 Å². The van der Waals surface area contributed by atoms with Gasteiger partial charge in [0, 0.05) is 34.3 Å². The summed E-state index contributed by atoms with van der Waals surface area (Å²) in [5.41, 5.74) is 6.92. The minimum absolute atomic E-state index is 0.00416. The molecule has 0 unspecified atom stereocenters. The highest BCUT2D eigenvalue weighted by molar-refractivity contribution is 7.80. The molecule has 4 nitrogen and oxygen atoms in total. The van der Waals surface area contributed by atoms with Gasteiger partial charge in [0.05, 0.1) is 17.8 Å². The molecule has 1 N–H and O–H groups in total. The zero-order valence-corrected chi connectivity index (χ0v) is 19.6. The monoisotopic (exact) mass is 438 g/mol. The Bertz CT molecular complexity index is 1090. The average Bonchev–Trinajstić information content (AvgIpc) is 3.20. The normalized spacial score (nSPS) is 18.9. The highest BCUT2D eigenvalue weighted by Gasteiger charge is 2.42. The van der Waals surface area contributed by atoms with Crippen LogP contribution in [-0.2, 0) is 0 Å². The predicted octanol–water partition coefficient (Wildman–Crippen LogP) is 5.83. The van der Waals surface area contributed by atoms with Crippen molar-refractivity contribution >= 4 is 28.9 Å². The van der Waals surface area contributed by atoms with E-state index >= 15 is 0 Å². The largest absolute Gasteiger partial charge is 0.352 e. The Morgan fingerprint density at radius 1 is 1.10 bits per heavy atom. The lowest BCUT2D eigenvalue weighted by atomic mass is 9.96. The van der Waals surface area contributed by atoms with Crippen LogP contribution in [0.3, 0.4) is 0 Å². The van der Waals surface area contributed by atoms with Gasteiger partial charge in [-0.2, -0.15) is 0 Å². The predicted molar refractivity (Wildman–Crippen MR) is 127 cm³/mol. The third kappa shape index (κ3) is 3.50. The Morgan fingerprint density at radius 2 is 1.87 bits per heavy atom. The smallest absolute Gasteiger partial charge is 0.170 e. The van der Waals surface area contributed by atoms with Crippen LogP contribution >= 0.6 is 23.8 Å². The van der Waals surface area contributed by atoms with Crippen molar-refractivity contribution in [2.24, 2.45) is 0 Å². The standard InChI is InChI=1S/C24H27ClN4S/c1-14(2)28-23(22(27-24(28)30)20-8-6-7-11-26-20)19-12-16(4)29(17(19)5)21-13-18(25)10-9-15(21)3/h6-14,22-23H,1-5H3,(H,27,30)/t22-,23+/m1/s1. The molecule has 156 valence electrons. The van der Waals surface area contributed by atoms with E-state index in [2.05, 4.69) is 72.6 Å². The summed E-state index contributed by atoms with van der Waals surface area (Å²) in [5.74, 6) is 0. The van der Waals surface area contributed by atoms with Gasteiger partial charge in [-0.3, -0.25) is 4.98 Å². The number of nitrogens with one attached hydrogen (secondary N) is 1. The molecule has 0 saturated carbocycles. The van der Waals surface area contributed by atoms with Crippen LogP contribution in [0.1, 0.15) is 54.1 Å². The highest BCUT2D eigenvalue weighted by atomic mass is 35.5. The number of hydrogen-bond donors (Lipinski definition) is 1. The van der Waals surface area contributed by atoms with E-state index < -0.39 is 0 Å². The van der Waals surface area contributed by atoms with E-state index in [1.54, 1.807) is 0 Å². The van der Waals surface area contributed by atoms with Crippen LogP contribution in [0, 0.1) is 20.8 Å². The second-order valence-corrected chi connectivity index (χ2v) is 9.04. The molecule has 1 fully saturated rings. The van der Waals surface area contributed by atoms with E-state index in [-0.39, 0.29) is 18.1 Å². The molecule has 1 aromatic carbocycles. The molecule has 0 radical (unpaired) electrons. The molecule has 3 heterocycles. The number of benzene rings is 1. The summed E-state index contributed by atoms with van der Waals surface area (Å²) >= 11 is 12.1. The molecule has 3 aromatic rings. The molecule has 0 bridgehead atoms. The summed E-state index contributed by atoms with van der Waals surface area (Å²) in [6, 6.07) is 14.7. The lowest BCUT2D eigenvalue weighted by Crippen LogP contribution is -2.35. The molecule has 1 aliphatic rings. The number of halogens is 1. The zero-order chi connectivity index (χ0) is 21.6. The Labute approximate surface area is 188 Å². The SMILES string of the molecule is Cc1ccc(Cl)cc1-n1c(C)cc([C@H]2[C@@H](c3ccccn3)NC(=S)N2C(C)C)c1C. The van der Waals surface area contributed by atoms with E-state index in [1.165, 1.54) is 22.5 Å². The summed E-state index contributed by atoms with van der Waals surface area (Å²) in [6.45, 7) is 10.8. The van der Waals surface area contributed by atoms with Crippen LogP contribution < -0.4 is 5.32 Å². The summed E-state index contributed by atoms with van der Waals surface area (Å²) in [6.07, 6.45) is 1.84. The first-order valence-corrected chi connectivity index (χ1v) is 11.0. The third-order valence-corrected chi connectivity index (χ3v) is 6.46. The average molecular weight is 439 g/mol. The molecular formula is C24H27ClN4S. The maximum atomic E-state index is 6.34. The fourth-order valence-electron chi connectivity index (χ4n) is 4.54.